The number of carbonyl (C=O) groups is 1. The molecule has 2 heteroatoms. The third-order valence-electron chi connectivity index (χ3n) is 1.08. The summed E-state index contributed by atoms with van der Waals surface area (Å²) in [5.41, 5.74) is 0.988. The van der Waals surface area contributed by atoms with Crippen molar-refractivity contribution in [2.45, 2.75) is 20.3 Å². The van der Waals surface area contributed by atoms with Crippen LogP contribution in [-0.2, 0) is 4.79 Å². The maximum Gasteiger partial charge on any atom is 0.154 e. The highest BCUT2D eigenvalue weighted by Crippen LogP contribution is 1.92. The van der Waals surface area contributed by atoms with Crippen LogP contribution in [0.3, 0.4) is 0 Å². The molecule has 0 aromatic heterocycles. The van der Waals surface area contributed by atoms with Gasteiger partial charge >= 0.3 is 0 Å². The van der Waals surface area contributed by atoms with Crippen molar-refractivity contribution in [3.8, 4) is 0 Å². The highest BCUT2D eigenvalue weighted by Gasteiger charge is 1.89. The molecule has 0 heterocycles. The number of hydrogen-bond donors (Lipinski definition) is 1. The minimum Gasteiger partial charge on any atom is -0.391 e. The highest BCUT2D eigenvalue weighted by atomic mass is 16.1. The summed E-state index contributed by atoms with van der Waals surface area (Å²) in [5.74, 6) is 0.0983. The van der Waals surface area contributed by atoms with E-state index in [1.807, 2.05) is 14.0 Å². The Morgan fingerprint density at radius 3 is 2.33 bits per heavy atom. The molecule has 0 aliphatic heterocycles. The number of rotatable bonds is 3. The van der Waals surface area contributed by atoms with Gasteiger partial charge in [0.1, 0.15) is 0 Å². The first kappa shape index (κ1) is 8.21. The highest BCUT2D eigenvalue weighted by molar-refractivity contribution is 5.87. The predicted molar refractivity (Wildman–Crippen MR) is 38.1 cm³/mol. The molecular formula is C7H13NO. The van der Waals surface area contributed by atoms with Gasteiger partial charge in [0.25, 0.3) is 0 Å². The molecule has 0 fully saturated rings. The molecule has 0 aliphatic rings. The Hall–Kier alpha value is -0.790. The summed E-state index contributed by atoms with van der Waals surface area (Å²) < 4.78 is 0. The fourth-order valence-corrected chi connectivity index (χ4v) is 0.596. The SMILES string of the molecule is CCC(=CC(C)=O)NC. The van der Waals surface area contributed by atoms with Crippen molar-refractivity contribution >= 4 is 5.78 Å². The first-order valence-electron chi connectivity index (χ1n) is 3.09. The smallest absolute Gasteiger partial charge is 0.154 e. The van der Waals surface area contributed by atoms with Crippen molar-refractivity contribution in [3.63, 3.8) is 0 Å². The lowest BCUT2D eigenvalue weighted by molar-refractivity contribution is -0.112. The quantitative estimate of drug-likeness (QED) is 0.575. The van der Waals surface area contributed by atoms with E-state index in [1.165, 1.54) is 0 Å². The first-order chi connectivity index (χ1) is 4.20. The normalized spacial score (nSPS) is 11.2. The second kappa shape index (κ2) is 4.13. The van der Waals surface area contributed by atoms with Crippen LogP contribution in [0.15, 0.2) is 11.8 Å². The zero-order valence-electron chi connectivity index (χ0n) is 6.19. The largest absolute Gasteiger partial charge is 0.391 e. The second-order valence-corrected chi connectivity index (χ2v) is 1.88. The lowest BCUT2D eigenvalue weighted by atomic mass is 10.3. The van der Waals surface area contributed by atoms with Crippen LogP contribution in [0, 0.1) is 0 Å². The molecule has 0 radical (unpaired) electrons. The van der Waals surface area contributed by atoms with E-state index in [9.17, 15) is 4.79 Å². The maximum absolute atomic E-state index is 10.5. The third kappa shape index (κ3) is 3.76. The fraction of sp³-hybridized carbons (Fsp3) is 0.571. The first-order valence-corrected chi connectivity index (χ1v) is 3.09. The summed E-state index contributed by atoms with van der Waals surface area (Å²) in [7, 11) is 1.82. The molecule has 0 aromatic carbocycles. The summed E-state index contributed by atoms with van der Waals surface area (Å²) >= 11 is 0. The van der Waals surface area contributed by atoms with Crippen molar-refractivity contribution in [2.24, 2.45) is 0 Å². The summed E-state index contributed by atoms with van der Waals surface area (Å²) in [5, 5.41) is 2.92. The van der Waals surface area contributed by atoms with Gasteiger partial charge in [0.05, 0.1) is 0 Å². The van der Waals surface area contributed by atoms with Crippen LogP contribution in [-0.4, -0.2) is 12.8 Å². The predicted octanol–water partition coefficient (Wildman–Crippen LogP) is 1.09. The van der Waals surface area contributed by atoms with E-state index < -0.39 is 0 Å². The average Bonchev–Trinajstić information content (AvgIpc) is 1.82. The van der Waals surface area contributed by atoms with Gasteiger partial charge < -0.3 is 5.32 Å². The van der Waals surface area contributed by atoms with E-state index in [2.05, 4.69) is 5.32 Å². The van der Waals surface area contributed by atoms with Crippen LogP contribution in [0.1, 0.15) is 20.3 Å². The number of ketones is 1. The Balaban J connectivity index is 3.91. The summed E-state index contributed by atoms with van der Waals surface area (Å²) in [4.78, 5) is 10.5. The van der Waals surface area contributed by atoms with Crippen LogP contribution in [0.4, 0.5) is 0 Å². The molecule has 0 aromatic rings. The Labute approximate surface area is 56.0 Å². The Kier molecular flexibility index (Phi) is 3.76. The van der Waals surface area contributed by atoms with E-state index in [0.717, 1.165) is 12.1 Å². The van der Waals surface area contributed by atoms with Crippen molar-refractivity contribution < 1.29 is 4.79 Å². The summed E-state index contributed by atoms with van der Waals surface area (Å²) in [6.07, 6.45) is 2.50. The monoisotopic (exact) mass is 127 g/mol. The van der Waals surface area contributed by atoms with Gasteiger partial charge in [-0.05, 0) is 19.4 Å². The minimum absolute atomic E-state index is 0.0983. The molecule has 0 saturated heterocycles. The van der Waals surface area contributed by atoms with Gasteiger partial charge in [-0.15, -0.1) is 0 Å². The van der Waals surface area contributed by atoms with Gasteiger partial charge in [-0.1, -0.05) is 6.92 Å². The zero-order valence-corrected chi connectivity index (χ0v) is 6.19. The van der Waals surface area contributed by atoms with Gasteiger partial charge in [-0.25, -0.2) is 0 Å². The van der Waals surface area contributed by atoms with E-state index in [4.69, 9.17) is 0 Å². The molecule has 52 valence electrons. The summed E-state index contributed by atoms with van der Waals surface area (Å²) in [6.45, 7) is 3.55. The van der Waals surface area contributed by atoms with Gasteiger partial charge in [0.2, 0.25) is 0 Å². The van der Waals surface area contributed by atoms with Crippen LogP contribution in [0.2, 0.25) is 0 Å². The van der Waals surface area contributed by atoms with Gasteiger partial charge in [0, 0.05) is 12.7 Å². The number of carbonyl (C=O) groups excluding carboxylic acids is 1. The van der Waals surface area contributed by atoms with Crippen LogP contribution in [0.25, 0.3) is 0 Å². The number of nitrogens with one attached hydrogen (secondary N) is 1. The Bertz CT molecular complexity index is 121. The van der Waals surface area contributed by atoms with Crippen molar-refractivity contribution in [1.29, 1.82) is 0 Å². The molecule has 0 spiro atoms. The van der Waals surface area contributed by atoms with Crippen molar-refractivity contribution in [1.82, 2.24) is 5.32 Å². The lowest BCUT2D eigenvalue weighted by Gasteiger charge is -1.99. The van der Waals surface area contributed by atoms with Crippen LogP contribution >= 0.6 is 0 Å². The summed E-state index contributed by atoms with van der Waals surface area (Å²) in [6, 6.07) is 0. The van der Waals surface area contributed by atoms with Gasteiger partial charge in [-0.3, -0.25) is 4.79 Å². The molecule has 0 atom stereocenters. The van der Waals surface area contributed by atoms with Crippen LogP contribution < -0.4 is 5.32 Å². The number of hydrogen-bond acceptors (Lipinski definition) is 2. The van der Waals surface area contributed by atoms with E-state index in [1.54, 1.807) is 13.0 Å². The molecule has 0 saturated carbocycles. The lowest BCUT2D eigenvalue weighted by Crippen LogP contribution is -2.05. The van der Waals surface area contributed by atoms with Crippen molar-refractivity contribution in [2.75, 3.05) is 7.05 Å². The van der Waals surface area contributed by atoms with Crippen LogP contribution in [0.5, 0.6) is 0 Å². The molecule has 0 bridgehead atoms. The van der Waals surface area contributed by atoms with E-state index in [0.29, 0.717) is 0 Å². The number of allylic oxidation sites excluding steroid dienone is 2. The Morgan fingerprint density at radius 1 is 1.67 bits per heavy atom. The van der Waals surface area contributed by atoms with E-state index in [-0.39, 0.29) is 5.78 Å². The second-order valence-electron chi connectivity index (χ2n) is 1.88. The molecule has 2 nitrogen and oxygen atoms in total. The standard InChI is InChI=1S/C7H13NO/c1-4-7(8-3)5-6(2)9/h5,8H,4H2,1-3H3. The average molecular weight is 127 g/mol. The maximum atomic E-state index is 10.5. The fourth-order valence-electron chi connectivity index (χ4n) is 0.596. The topological polar surface area (TPSA) is 29.1 Å². The van der Waals surface area contributed by atoms with Crippen molar-refractivity contribution in [3.05, 3.63) is 11.8 Å². The van der Waals surface area contributed by atoms with E-state index >= 15 is 0 Å². The zero-order chi connectivity index (χ0) is 7.28. The minimum atomic E-state index is 0.0983. The van der Waals surface area contributed by atoms with Gasteiger partial charge in [-0.2, -0.15) is 0 Å². The Morgan fingerprint density at radius 2 is 2.22 bits per heavy atom. The molecule has 0 rings (SSSR count). The third-order valence-corrected chi connectivity index (χ3v) is 1.08. The molecule has 0 amide bonds. The molecule has 1 N–H and O–H groups in total. The molecule has 0 unspecified atom stereocenters. The van der Waals surface area contributed by atoms with Gasteiger partial charge in [0.15, 0.2) is 5.78 Å². The molecule has 9 heavy (non-hydrogen) atoms. The molecule has 0 aliphatic carbocycles. The molecular weight excluding hydrogens is 114 g/mol.